The SMILES string of the molecule is CCCCC(CC)C(O)C(CC)COC(=O)NC. The summed E-state index contributed by atoms with van der Waals surface area (Å²) in [6.45, 7) is 6.58. The molecule has 0 aliphatic carbocycles. The molecule has 108 valence electrons. The molecule has 1 amide bonds. The van der Waals surface area contributed by atoms with E-state index in [2.05, 4.69) is 19.2 Å². The van der Waals surface area contributed by atoms with Gasteiger partial charge in [-0.3, -0.25) is 0 Å². The maximum atomic E-state index is 11.1. The fraction of sp³-hybridized carbons (Fsp3) is 0.929. The summed E-state index contributed by atoms with van der Waals surface area (Å²) in [5.41, 5.74) is 0. The Morgan fingerprint density at radius 1 is 1.22 bits per heavy atom. The molecule has 0 fully saturated rings. The molecule has 0 rings (SSSR count). The van der Waals surface area contributed by atoms with E-state index in [0.29, 0.717) is 12.5 Å². The third-order valence-electron chi connectivity index (χ3n) is 3.58. The number of hydrogen-bond donors (Lipinski definition) is 2. The maximum Gasteiger partial charge on any atom is 0.406 e. The molecule has 0 spiro atoms. The second-order valence-electron chi connectivity index (χ2n) is 4.82. The summed E-state index contributed by atoms with van der Waals surface area (Å²) in [6.07, 6.45) is 4.32. The zero-order valence-corrected chi connectivity index (χ0v) is 12.2. The average molecular weight is 259 g/mol. The minimum atomic E-state index is -0.428. The molecule has 3 atom stereocenters. The summed E-state index contributed by atoms with van der Waals surface area (Å²) in [6, 6.07) is 0. The van der Waals surface area contributed by atoms with Crippen LogP contribution >= 0.6 is 0 Å². The Bertz CT molecular complexity index is 221. The highest BCUT2D eigenvalue weighted by Crippen LogP contribution is 2.24. The molecule has 0 heterocycles. The van der Waals surface area contributed by atoms with Crippen molar-refractivity contribution in [2.75, 3.05) is 13.7 Å². The number of ether oxygens (including phenoxy) is 1. The number of carbonyl (C=O) groups excluding carboxylic acids is 1. The van der Waals surface area contributed by atoms with Gasteiger partial charge in [-0.05, 0) is 18.8 Å². The van der Waals surface area contributed by atoms with Crippen molar-refractivity contribution in [3.63, 3.8) is 0 Å². The van der Waals surface area contributed by atoms with Gasteiger partial charge in [0.25, 0.3) is 0 Å². The van der Waals surface area contributed by atoms with Crippen LogP contribution in [-0.2, 0) is 4.74 Å². The van der Waals surface area contributed by atoms with Crippen LogP contribution in [0.4, 0.5) is 4.79 Å². The molecule has 4 heteroatoms. The number of carbonyl (C=O) groups is 1. The number of amides is 1. The molecule has 0 bridgehead atoms. The molecule has 4 nitrogen and oxygen atoms in total. The first kappa shape index (κ1) is 17.2. The van der Waals surface area contributed by atoms with Gasteiger partial charge >= 0.3 is 6.09 Å². The normalized spacial score (nSPS) is 15.8. The van der Waals surface area contributed by atoms with Gasteiger partial charge < -0.3 is 15.2 Å². The lowest BCUT2D eigenvalue weighted by molar-refractivity contribution is 0.01000. The van der Waals surface area contributed by atoms with Gasteiger partial charge in [-0.1, -0.05) is 40.0 Å². The average Bonchev–Trinajstić information content (AvgIpc) is 2.39. The van der Waals surface area contributed by atoms with Crippen LogP contribution in [0.2, 0.25) is 0 Å². The van der Waals surface area contributed by atoms with E-state index >= 15 is 0 Å². The number of aliphatic hydroxyl groups excluding tert-OH is 1. The van der Waals surface area contributed by atoms with Crippen molar-refractivity contribution in [2.45, 2.75) is 59.0 Å². The van der Waals surface area contributed by atoms with Crippen molar-refractivity contribution >= 4 is 6.09 Å². The number of aliphatic hydroxyl groups is 1. The van der Waals surface area contributed by atoms with Crippen LogP contribution < -0.4 is 5.32 Å². The Balaban J connectivity index is 4.28. The van der Waals surface area contributed by atoms with E-state index in [1.165, 1.54) is 7.05 Å². The molecule has 0 saturated carbocycles. The molecular weight excluding hydrogens is 230 g/mol. The molecule has 0 aromatic carbocycles. The zero-order valence-electron chi connectivity index (χ0n) is 12.2. The number of nitrogens with one attached hydrogen (secondary N) is 1. The van der Waals surface area contributed by atoms with Crippen LogP contribution in [0.25, 0.3) is 0 Å². The van der Waals surface area contributed by atoms with Gasteiger partial charge in [0, 0.05) is 13.0 Å². The summed E-state index contributed by atoms with van der Waals surface area (Å²) < 4.78 is 5.05. The monoisotopic (exact) mass is 259 g/mol. The lowest BCUT2D eigenvalue weighted by Crippen LogP contribution is -2.33. The zero-order chi connectivity index (χ0) is 14.0. The fourth-order valence-electron chi connectivity index (χ4n) is 2.18. The Hall–Kier alpha value is -0.770. The Kier molecular flexibility index (Phi) is 9.74. The first-order chi connectivity index (χ1) is 8.60. The Labute approximate surface area is 111 Å². The van der Waals surface area contributed by atoms with Gasteiger partial charge in [0.2, 0.25) is 0 Å². The predicted molar refractivity (Wildman–Crippen MR) is 73.5 cm³/mol. The summed E-state index contributed by atoms with van der Waals surface area (Å²) in [5, 5.41) is 12.8. The van der Waals surface area contributed by atoms with Crippen molar-refractivity contribution in [1.29, 1.82) is 0 Å². The molecule has 0 saturated heterocycles. The molecule has 2 N–H and O–H groups in total. The topological polar surface area (TPSA) is 58.6 Å². The summed E-state index contributed by atoms with van der Waals surface area (Å²) in [4.78, 5) is 11.1. The standard InChI is InChI=1S/C14H29NO3/c1-5-8-9-11(6-2)13(16)12(7-3)10-18-14(17)15-4/h11-13,16H,5-10H2,1-4H3,(H,15,17). The lowest BCUT2D eigenvalue weighted by atomic mass is 9.85. The van der Waals surface area contributed by atoms with Gasteiger partial charge in [0.05, 0.1) is 12.7 Å². The first-order valence-corrected chi connectivity index (χ1v) is 7.13. The highest BCUT2D eigenvalue weighted by molar-refractivity contribution is 5.66. The van der Waals surface area contributed by atoms with Crippen LogP contribution in [0, 0.1) is 11.8 Å². The van der Waals surface area contributed by atoms with Crippen molar-refractivity contribution in [3.05, 3.63) is 0 Å². The number of unbranched alkanes of at least 4 members (excludes halogenated alkanes) is 1. The third kappa shape index (κ3) is 6.24. The first-order valence-electron chi connectivity index (χ1n) is 7.13. The van der Waals surface area contributed by atoms with Gasteiger partial charge in [-0.2, -0.15) is 0 Å². The molecule has 0 radical (unpaired) electrons. The predicted octanol–water partition coefficient (Wildman–Crippen LogP) is 2.95. The Morgan fingerprint density at radius 3 is 2.28 bits per heavy atom. The van der Waals surface area contributed by atoms with Crippen molar-refractivity contribution in [2.24, 2.45) is 11.8 Å². The van der Waals surface area contributed by atoms with Crippen LogP contribution in [0.15, 0.2) is 0 Å². The molecule has 3 unspecified atom stereocenters. The van der Waals surface area contributed by atoms with Crippen LogP contribution in [-0.4, -0.2) is 31.0 Å². The molecule has 0 aliphatic heterocycles. The van der Waals surface area contributed by atoms with E-state index < -0.39 is 6.09 Å². The maximum absolute atomic E-state index is 11.1. The van der Waals surface area contributed by atoms with E-state index in [1.807, 2.05) is 6.92 Å². The highest BCUT2D eigenvalue weighted by Gasteiger charge is 2.26. The molecule has 18 heavy (non-hydrogen) atoms. The second kappa shape index (κ2) is 10.2. The minimum Gasteiger partial charge on any atom is -0.449 e. The van der Waals surface area contributed by atoms with E-state index in [1.54, 1.807) is 0 Å². The largest absolute Gasteiger partial charge is 0.449 e. The molecular formula is C14H29NO3. The van der Waals surface area contributed by atoms with E-state index in [4.69, 9.17) is 4.74 Å². The summed E-state index contributed by atoms with van der Waals surface area (Å²) >= 11 is 0. The molecule has 0 aromatic heterocycles. The van der Waals surface area contributed by atoms with E-state index in [0.717, 1.165) is 32.1 Å². The second-order valence-corrected chi connectivity index (χ2v) is 4.82. The van der Waals surface area contributed by atoms with Crippen LogP contribution in [0.3, 0.4) is 0 Å². The van der Waals surface area contributed by atoms with E-state index in [9.17, 15) is 9.90 Å². The fourth-order valence-corrected chi connectivity index (χ4v) is 2.18. The summed E-state index contributed by atoms with van der Waals surface area (Å²) in [7, 11) is 1.54. The third-order valence-corrected chi connectivity index (χ3v) is 3.58. The van der Waals surface area contributed by atoms with Gasteiger partial charge in [-0.15, -0.1) is 0 Å². The lowest BCUT2D eigenvalue weighted by Gasteiger charge is -2.28. The minimum absolute atomic E-state index is 0.0316. The summed E-state index contributed by atoms with van der Waals surface area (Å²) in [5.74, 6) is 0.340. The van der Waals surface area contributed by atoms with Gasteiger partial charge in [0.15, 0.2) is 0 Å². The molecule has 0 aromatic rings. The van der Waals surface area contributed by atoms with Crippen LogP contribution in [0.5, 0.6) is 0 Å². The quantitative estimate of drug-likeness (QED) is 0.669. The van der Waals surface area contributed by atoms with Crippen molar-refractivity contribution in [3.8, 4) is 0 Å². The van der Waals surface area contributed by atoms with E-state index in [-0.39, 0.29) is 12.0 Å². The van der Waals surface area contributed by atoms with Crippen LogP contribution in [0.1, 0.15) is 52.9 Å². The Morgan fingerprint density at radius 2 is 1.83 bits per heavy atom. The number of rotatable bonds is 9. The smallest absolute Gasteiger partial charge is 0.406 e. The van der Waals surface area contributed by atoms with Crippen molar-refractivity contribution in [1.82, 2.24) is 5.32 Å². The number of alkyl carbamates (subject to hydrolysis) is 1. The van der Waals surface area contributed by atoms with Gasteiger partial charge in [0.1, 0.15) is 0 Å². The highest BCUT2D eigenvalue weighted by atomic mass is 16.5. The van der Waals surface area contributed by atoms with Gasteiger partial charge in [-0.25, -0.2) is 4.79 Å². The van der Waals surface area contributed by atoms with Crippen molar-refractivity contribution < 1.29 is 14.6 Å². The molecule has 0 aliphatic rings. The number of hydrogen-bond acceptors (Lipinski definition) is 3.